The standard InChI is InChI=1S/C15H16FNO3/c16-12-3-1-2-4-13(12)17-10-15(20-14(17)19)7-5-11(9-18)6-8-15/h1-4,9,11H,5-8,10H2. The fourth-order valence-corrected chi connectivity index (χ4v) is 3.04. The predicted octanol–water partition coefficient (Wildman–Crippen LogP) is 2.91. The molecule has 1 heterocycles. The zero-order valence-corrected chi connectivity index (χ0v) is 11.0. The molecule has 0 radical (unpaired) electrons. The highest BCUT2D eigenvalue weighted by Crippen LogP contribution is 2.40. The minimum Gasteiger partial charge on any atom is -0.441 e. The zero-order chi connectivity index (χ0) is 14.2. The molecule has 1 aromatic rings. The summed E-state index contributed by atoms with van der Waals surface area (Å²) in [4.78, 5) is 24.2. The molecule has 4 nitrogen and oxygen atoms in total. The van der Waals surface area contributed by atoms with Gasteiger partial charge in [-0.2, -0.15) is 0 Å². The highest BCUT2D eigenvalue weighted by atomic mass is 19.1. The predicted molar refractivity (Wildman–Crippen MR) is 71.0 cm³/mol. The molecule has 1 aliphatic carbocycles. The Labute approximate surface area is 116 Å². The minimum atomic E-state index is -0.557. The minimum absolute atomic E-state index is 0.0573. The molecule has 1 aromatic carbocycles. The van der Waals surface area contributed by atoms with Crippen molar-refractivity contribution in [3.63, 3.8) is 0 Å². The van der Waals surface area contributed by atoms with Crippen LogP contribution in [-0.2, 0) is 9.53 Å². The highest BCUT2D eigenvalue weighted by molar-refractivity contribution is 5.90. The van der Waals surface area contributed by atoms with E-state index in [9.17, 15) is 14.0 Å². The molecule has 106 valence electrons. The van der Waals surface area contributed by atoms with Crippen LogP contribution in [0.3, 0.4) is 0 Å². The lowest BCUT2D eigenvalue weighted by Crippen LogP contribution is -2.39. The second-order valence-corrected chi connectivity index (χ2v) is 5.56. The van der Waals surface area contributed by atoms with E-state index >= 15 is 0 Å². The number of para-hydroxylation sites is 1. The molecule has 2 fully saturated rings. The van der Waals surface area contributed by atoms with Gasteiger partial charge in [-0.15, -0.1) is 0 Å². The smallest absolute Gasteiger partial charge is 0.415 e. The van der Waals surface area contributed by atoms with Crippen LogP contribution < -0.4 is 4.90 Å². The Morgan fingerprint density at radius 2 is 2.00 bits per heavy atom. The Bertz CT molecular complexity index is 538. The summed E-state index contributed by atoms with van der Waals surface area (Å²) in [5.74, 6) is -0.370. The molecular formula is C15H16FNO3. The van der Waals surface area contributed by atoms with Crippen LogP contribution in [0, 0.1) is 11.7 Å². The summed E-state index contributed by atoms with van der Waals surface area (Å²) in [7, 11) is 0. The van der Waals surface area contributed by atoms with Crippen molar-refractivity contribution >= 4 is 18.1 Å². The van der Waals surface area contributed by atoms with Crippen LogP contribution in [0.4, 0.5) is 14.9 Å². The van der Waals surface area contributed by atoms with Gasteiger partial charge >= 0.3 is 6.09 Å². The maximum Gasteiger partial charge on any atom is 0.415 e. The second kappa shape index (κ2) is 4.89. The average Bonchev–Trinajstić information content (AvgIpc) is 2.77. The molecule has 0 N–H and O–H groups in total. The Morgan fingerprint density at radius 3 is 2.65 bits per heavy atom. The molecule has 1 spiro atoms. The number of hydrogen-bond donors (Lipinski definition) is 0. The first-order valence-electron chi connectivity index (χ1n) is 6.84. The largest absolute Gasteiger partial charge is 0.441 e. The first-order chi connectivity index (χ1) is 9.63. The van der Waals surface area contributed by atoms with Crippen LogP contribution in [0.2, 0.25) is 0 Å². The van der Waals surface area contributed by atoms with Gasteiger partial charge in [0.05, 0.1) is 12.2 Å². The van der Waals surface area contributed by atoms with Gasteiger partial charge in [0, 0.05) is 5.92 Å². The van der Waals surface area contributed by atoms with Crippen molar-refractivity contribution in [2.24, 2.45) is 5.92 Å². The molecule has 20 heavy (non-hydrogen) atoms. The number of halogens is 1. The third-order valence-corrected chi connectivity index (χ3v) is 4.25. The van der Waals surface area contributed by atoms with Gasteiger partial charge in [0.1, 0.15) is 17.7 Å². The normalized spacial score (nSPS) is 29.6. The molecule has 1 amide bonds. The van der Waals surface area contributed by atoms with E-state index in [-0.39, 0.29) is 11.6 Å². The number of nitrogens with zero attached hydrogens (tertiary/aromatic N) is 1. The van der Waals surface area contributed by atoms with E-state index in [4.69, 9.17) is 4.74 Å². The van der Waals surface area contributed by atoms with Crippen LogP contribution in [0.15, 0.2) is 24.3 Å². The van der Waals surface area contributed by atoms with Crippen molar-refractivity contribution in [2.45, 2.75) is 31.3 Å². The Hall–Kier alpha value is -1.91. The summed E-state index contributed by atoms with van der Waals surface area (Å²) >= 11 is 0. The maximum atomic E-state index is 13.8. The molecule has 2 aliphatic rings. The fourth-order valence-electron chi connectivity index (χ4n) is 3.04. The van der Waals surface area contributed by atoms with Gasteiger partial charge in [-0.3, -0.25) is 4.90 Å². The SMILES string of the molecule is O=CC1CCC2(CC1)CN(c1ccccc1F)C(=O)O2. The molecule has 5 heteroatoms. The molecule has 1 aliphatic heterocycles. The van der Waals surface area contributed by atoms with E-state index < -0.39 is 17.5 Å². The average molecular weight is 277 g/mol. The molecule has 0 atom stereocenters. The van der Waals surface area contributed by atoms with Gasteiger partial charge in [-0.1, -0.05) is 12.1 Å². The van der Waals surface area contributed by atoms with Gasteiger partial charge in [0.2, 0.25) is 0 Å². The number of rotatable bonds is 2. The number of ether oxygens (including phenoxy) is 1. The first-order valence-corrected chi connectivity index (χ1v) is 6.84. The van der Waals surface area contributed by atoms with Crippen molar-refractivity contribution in [3.8, 4) is 0 Å². The van der Waals surface area contributed by atoms with Crippen molar-refractivity contribution in [1.82, 2.24) is 0 Å². The lowest BCUT2D eigenvalue weighted by molar-refractivity contribution is -0.113. The quantitative estimate of drug-likeness (QED) is 0.781. The number of hydrogen-bond acceptors (Lipinski definition) is 3. The van der Waals surface area contributed by atoms with E-state index in [2.05, 4.69) is 0 Å². The van der Waals surface area contributed by atoms with E-state index in [0.717, 1.165) is 19.1 Å². The van der Waals surface area contributed by atoms with Crippen LogP contribution in [0.1, 0.15) is 25.7 Å². The summed E-state index contributed by atoms with van der Waals surface area (Å²) in [6.07, 6.45) is 3.24. The summed E-state index contributed by atoms with van der Waals surface area (Å²) in [6, 6.07) is 6.19. The summed E-state index contributed by atoms with van der Waals surface area (Å²) in [5, 5.41) is 0. The fraction of sp³-hybridized carbons (Fsp3) is 0.467. The molecule has 1 saturated heterocycles. The monoisotopic (exact) mass is 277 g/mol. The number of anilines is 1. The van der Waals surface area contributed by atoms with Crippen LogP contribution >= 0.6 is 0 Å². The maximum absolute atomic E-state index is 13.8. The zero-order valence-electron chi connectivity index (χ0n) is 11.0. The van der Waals surface area contributed by atoms with Crippen LogP contribution in [0.25, 0.3) is 0 Å². The van der Waals surface area contributed by atoms with Gasteiger partial charge in [-0.05, 0) is 37.8 Å². The van der Waals surface area contributed by atoms with Crippen LogP contribution in [-0.4, -0.2) is 24.5 Å². The lowest BCUT2D eigenvalue weighted by Gasteiger charge is -2.33. The lowest BCUT2D eigenvalue weighted by atomic mass is 9.79. The van der Waals surface area contributed by atoms with E-state index in [1.54, 1.807) is 18.2 Å². The first kappa shape index (κ1) is 13.1. The molecule has 0 unspecified atom stereocenters. The Morgan fingerprint density at radius 1 is 1.30 bits per heavy atom. The summed E-state index contributed by atoms with van der Waals surface area (Å²) < 4.78 is 19.3. The number of amides is 1. The van der Waals surface area contributed by atoms with E-state index in [1.165, 1.54) is 11.0 Å². The van der Waals surface area contributed by atoms with Gasteiger partial charge in [0.25, 0.3) is 0 Å². The second-order valence-electron chi connectivity index (χ2n) is 5.56. The number of carbonyl (C=O) groups excluding carboxylic acids is 2. The highest BCUT2D eigenvalue weighted by Gasteiger charge is 2.48. The summed E-state index contributed by atoms with van der Waals surface area (Å²) in [6.45, 7) is 0.359. The number of benzene rings is 1. The van der Waals surface area contributed by atoms with Crippen molar-refractivity contribution in [3.05, 3.63) is 30.1 Å². The Kier molecular flexibility index (Phi) is 3.20. The molecular weight excluding hydrogens is 261 g/mol. The van der Waals surface area contributed by atoms with Gasteiger partial charge in [-0.25, -0.2) is 9.18 Å². The van der Waals surface area contributed by atoms with Gasteiger partial charge < -0.3 is 9.53 Å². The van der Waals surface area contributed by atoms with Crippen LogP contribution in [0.5, 0.6) is 0 Å². The van der Waals surface area contributed by atoms with Crippen molar-refractivity contribution in [2.75, 3.05) is 11.4 Å². The van der Waals surface area contributed by atoms with Crippen molar-refractivity contribution in [1.29, 1.82) is 0 Å². The third kappa shape index (κ3) is 2.17. The molecule has 3 rings (SSSR count). The van der Waals surface area contributed by atoms with E-state index in [0.29, 0.717) is 19.4 Å². The van der Waals surface area contributed by atoms with Crippen molar-refractivity contribution < 1.29 is 18.7 Å². The Balaban J connectivity index is 1.79. The molecule has 0 bridgehead atoms. The number of aldehydes is 1. The van der Waals surface area contributed by atoms with E-state index in [1.807, 2.05) is 0 Å². The third-order valence-electron chi connectivity index (χ3n) is 4.25. The van der Waals surface area contributed by atoms with Gasteiger partial charge in [0.15, 0.2) is 0 Å². The summed E-state index contributed by atoms with van der Waals surface area (Å²) in [5.41, 5.74) is -0.300. The number of carbonyl (C=O) groups is 2. The molecule has 1 saturated carbocycles. The topological polar surface area (TPSA) is 46.6 Å². The molecule has 0 aromatic heterocycles.